The molecule has 2 rings (SSSR count). The molecule has 0 heterocycles. The van der Waals surface area contributed by atoms with Gasteiger partial charge in [0.05, 0.1) is 0 Å². The van der Waals surface area contributed by atoms with E-state index < -0.39 is 0 Å². The summed E-state index contributed by atoms with van der Waals surface area (Å²) in [5.74, 6) is 1.84. The van der Waals surface area contributed by atoms with Gasteiger partial charge in [0.25, 0.3) is 0 Å². The zero-order valence-electron chi connectivity index (χ0n) is 13.3. The molecular formula is C18H27ClFN. The van der Waals surface area contributed by atoms with E-state index >= 15 is 0 Å². The SMILES string of the molecule is CCNC1CCC(C(C)C)CC1Cc1cc(Cl)ccc1F. The molecule has 0 spiro atoms. The van der Waals surface area contributed by atoms with Gasteiger partial charge < -0.3 is 5.32 Å². The molecule has 0 aromatic heterocycles. The fourth-order valence-electron chi connectivity index (χ4n) is 3.64. The van der Waals surface area contributed by atoms with Crippen molar-refractivity contribution < 1.29 is 4.39 Å². The van der Waals surface area contributed by atoms with Crippen LogP contribution < -0.4 is 5.32 Å². The monoisotopic (exact) mass is 311 g/mol. The van der Waals surface area contributed by atoms with Crippen LogP contribution in [-0.2, 0) is 6.42 Å². The van der Waals surface area contributed by atoms with Crippen LogP contribution in [0.15, 0.2) is 18.2 Å². The van der Waals surface area contributed by atoms with Gasteiger partial charge in [-0.05, 0) is 73.7 Å². The summed E-state index contributed by atoms with van der Waals surface area (Å²) in [6, 6.07) is 5.41. The van der Waals surface area contributed by atoms with E-state index in [0.29, 0.717) is 22.9 Å². The molecule has 1 saturated carbocycles. The summed E-state index contributed by atoms with van der Waals surface area (Å²) >= 11 is 6.03. The quantitative estimate of drug-likeness (QED) is 0.800. The van der Waals surface area contributed by atoms with Crippen LogP contribution in [0.25, 0.3) is 0 Å². The third-order valence-corrected chi connectivity index (χ3v) is 5.16. The second-order valence-electron chi connectivity index (χ2n) is 6.68. The first-order valence-electron chi connectivity index (χ1n) is 8.18. The number of rotatable bonds is 5. The standard InChI is InChI=1S/C18H27ClFN/c1-4-21-18-8-5-13(12(2)3)9-15(18)10-14-11-16(19)6-7-17(14)20/h6-7,11-13,15,18,21H,4-5,8-10H2,1-3H3. The molecule has 1 fully saturated rings. The number of hydrogen-bond acceptors (Lipinski definition) is 1. The lowest BCUT2D eigenvalue weighted by molar-refractivity contribution is 0.168. The first-order valence-corrected chi connectivity index (χ1v) is 8.56. The van der Waals surface area contributed by atoms with Gasteiger partial charge in [0, 0.05) is 11.1 Å². The highest BCUT2D eigenvalue weighted by atomic mass is 35.5. The maximum Gasteiger partial charge on any atom is 0.126 e. The highest BCUT2D eigenvalue weighted by molar-refractivity contribution is 6.30. The molecule has 0 radical (unpaired) electrons. The predicted octanol–water partition coefficient (Wildman–Crippen LogP) is 5.07. The van der Waals surface area contributed by atoms with E-state index in [1.54, 1.807) is 12.1 Å². The van der Waals surface area contributed by atoms with Gasteiger partial charge in [-0.3, -0.25) is 0 Å². The van der Waals surface area contributed by atoms with Gasteiger partial charge >= 0.3 is 0 Å². The van der Waals surface area contributed by atoms with Crippen molar-refractivity contribution in [2.45, 2.75) is 52.5 Å². The number of benzene rings is 1. The largest absolute Gasteiger partial charge is 0.314 e. The summed E-state index contributed by atoms with van der Waals surface area (Å²) in [4.78, 5) is 0. The van der Waals surface area contributed by atoms with E-state index in [9.17, 15) is 4.39 Å². The highest BCUT2D eigenvalue weighted by Crippen LogP contribution is 2.36. The van der Waals surface area contributed by atoms with Crippen LogP contribution in [0.5, 0.6) is 0 Å². The number of nitrogens with one attached hydrogen (secondary N) is 1. The van der Waals surface area contributed by atoms with Gasteiger partial charge in [-0.15, -0.1) is 0 Å². The van der Waals surface area contributed by atoms with Gasteiger partial charge in [0.15, 0.2) is 0 Å². The Bertz CT molecular complexity index is 461. The Labute approximate surface area is 133 Å². The van der Waals surface area contributed by atoms with Gasteiger partial charge in [-0.2, -0.15) is 0 Å². The molecule has 1 aromatic rings. The van der Waals surface area contributed by atoms with Crippen LogP contribution in [0.2, 0.25) is 5.02 Å². The van der Waals surface area contributed by atoms with Gasteiger partial charge in [0.1, 0.15) is 5.82 Å². The minimum absolute atomic E-state index is 0.124. The number of hydrogen-bond donors (Lipinski definition) is 1. The van der Waals surface area contributed by atoms with Crippen molar-refractivity contribution in [2.75, 3.05) is 6.54 Å². The van der Waals surface area contributed by atoms with Crippen molar-refractivity contribution in [3.8, 4) is 0 Å². The Balaban J connectivity index is 2.13. The third kappa shape index (κ3) is 4.43. The van der Waals surface area contributed by atoms with E-state index in [1.165, 1.54) is 25.3 Å². The molecule has 0 aliphatic heterocycles. The number of halogens is 2. The molecule has 1 N–H and O–H groups in total. The van der Waals surface area contributed by atoms with Gasteiger partial charge in [-0.1, -0.05) is 32.4 Å². The van der Waals surface area contributed by atoms with E-state index in [-0.39, 0.29) is 5.82 Å². The van der Waals surface area contributed by atoms with E-state index in [0.717, 1.165) is 24.4 Å². The first-order chi connectivity index (χ1) is 10.0. The van der Waals surface area contributed by atoms with Crippen molar-refractivity contribution in [1.82, 2.24) is 5.32 Å². The second kappa shape index (κ2) is 7.60. The maximum atomic E-state index is 14.0. The van der Waals surface area contributed by atoms with Crippen molar-refractivity contribution in [3.63, 3.8) is 0 Å². The average Bonchev–Trinajstić information content (AvgIpc) is 2.44. The molecular weight excluding hydrogens is 285 g/mol. The lowest BCUT2D eigenvalue weighted by Gasteiger charge is -2.38. The molecule has 0 bridgehead atoms. The zero-order chi connectivity index (χ0) is 15.4. The normalized spacial score (nSPS) is 26.3. The minimum Gasteiger partial charge on any atom is -0.314 e. The summed E-state index contributed by atoms with van der Waals surface area (Å²) in [5, 5.41) is 4.22. The Morgan fingerprint density at radius 1 is 1.33 bits per heavy atom. The van der Waals surface area contributed by atoms with Crippen LogP contribution in [0, 0.1) is 23.6 Å². The predicted molar refractivity (Wildman–Crippen MR) is 88.2 cm³/mol. The second-order valence-corrected chi connectivity index (χ2v) is 7.12. The summed E-state index contributed by atoms with van der Waals surface area (Å²) in [5.41, 5.74) is 0.764. The molecule has 1 nitrogen and oxygen atoms in total. The molecule has 1 aliphatic carbocycles. The average molecular weight is 312 g/mol. The summed E-state index contributed by atoms with van der Waals surface area (Å²) in [7, 11) is 0. The topological polar surface area (TPSA) is 12.0 Å². The van der Waals surface area contributed by atoms with Gasteiger partial charge in [0.2, 0.25) is 0 Å². The van der Waals surface area contributed by atoms with Crippen molar-refractivity contribution in [3.05, 3.63) is 34.6 Å². The summed E-state index contributed by atoms with van der Waals surface area (Å²) < 4.78 is 14.0. The first kappa shape index (κ1) is 16.8. The lowest BCUT2D eigenvalue weighted by Crippen LogP contribution is -2.42. The highest BCUT2D eigenvalue weighted by Gasteiger charge is 2.31. The maximum absolute atomic E-state index is 14.0. The molecule has 3 heteroatoms. The van der Waals surface area contributed by atoms with Crippen molar-refractivity contribution >= 4 is 11.6 Å². The fraction of sp³-hybridized carbons (Fsp3) is 0.667. The lowest BCUT2D eigenvalue weighted by atomic mass is 9.71. The van der Waals surface area contributed by atoms with E-state index in [2.05, 4.69) is 26.1 Å². The van der Waals surface area contributed by atoms with Crippen molar-refractivity contribution in [2.24, 2.45) is 17.8 Å². The van der Waals surface area contributed by atoms with E-state index in [1.807, 2.05) is 0 Å². The Kier molecular flexibility index (Phi) is 6.07. The molecule has 0 saturated heterocycles. The molecule has 1 aliphatic rings. The minimum atomic E-state index is -0.124. The fourth-order valence-corrected chi connectivity index (χ4v) is 3.84. The van der Waals surface area contributed by atoms with Gasteiger partial charge in [-0.25, -0.2) is 4.39 Å². The molecule has 21 heavy (non-hydrogen) atoms. The van der Waals surface area contributed by atoms with Crippen LogP contribution in [-0.4, -0.2) is 12.6 Å². The Morgan fingerprint density at radius 3 is 2.76 bits per heavy atom. The molecule has 118 valence electrons. The molecule has 3 unspecified atom stereocenters. The zero-order valence-corrected chi connectivity index (χ0v) is 14.1. The summed E-state index contributed by atoms with van der Waals surface area (Å²) in [6.45, 7) is 7.72. The molecule has 3 atom stereocenters. The van der Waals surface area contributed by atoms with Crippen LogP contribution >= 0.6 is 11.6 Å². The smallest absolute Gasteiger partial charge is 0.126 e. The molecule has 0 amide bonds. The van der Waals surface area contributed by atoms with Crippen LogP contribution in [0.3, 0.4) is 0 Å². The molecule has 1 aromatic carbocycles. The summed E-state index contributed by atoms with van der Waals surface area (Å²) in [6.07, 6.45) is 4.45. The van der Waals surface area contributed by atoms with Crippen LogP contribution in [0.1, 0.15) is 45.6 Å². The van der Waals surface area contributed by atoms with Crippen LogP contribution in [0.4, 0.5) is 4.39 Å². The Hall–Kier alpha value is -0.600. The Morgan fingerprint density at radius 2 is 2.10 bits per heavy atom. The third-order valence-electron chi connectivity index (χ3n) is 4.92. The van der Waals surface area contributed by atoms with E-state index in [4.69, 9.17) is 11.6 Å². The van der Waals surface area contributed by atoms with Crippen molar-refractivity contribution in [1.29, 1.82) is 0 Å².